The molecule has 0 unspecified atom stereocenters. The number of hydrogen-bond donors (Lipinski definition) is 0. The van der Waals surface area contributed by atoms with Crippen LogP contribution < -0.4 is 9.04 Å². The minimum absolute atomic E-state index is 0.0881. The van der Waals surface area contributed by atoms with Crippen molar-refractivity contribution < 1.29 is 17.9 Å². The van der Waals surface area contributed by atoms with Crippen LogP contribution in [0, 0.1) is 12.8 Å². The zero-order valence-corrected chi connectivity index (χ0v) is 23.0. The van der Waals surface area contributed by atoms with Gasteiger partial charge in [-0.05, 0) is 83.9 Å². The molecule has 6 nitrogen and oxygen atoms in total. The molecule has 36 heavy (non-hydrogen) atoms. The number of ether oxygens (including phenoxy) is 1. The van der Waals surface area contributed by atoms with Crippen molar-refractivity contribution in [2.45, 2.75) is 31.1 Å². The van der Waals surface area contributed by atoms with Crippen LogP contribution in [-0.2, 0) is 21.2 Å². The number of halogens is 1. The molecular weight excluding hydrogens is 540 g/mol. The number of sulfonamides is 1. The predicted octanol–water partition coefficient (Wildman–Crippen LogP) is 5.44. The van der Waals surface area contributed by atoms with Crippen molar-refractivity contribution in [2.24, 2.45) is 5.92 Å². The average Bonchev–Trinajstić information content (AvgIpc) is 2.88. The van der Waals surface area contributed by atoms with E-state index in [4.69, 9.17) is 4.74 Å². The van der Waals surface area contributed by atoms with Gasteiger partial charge >= 0.3 is 0 Å². The number of benzene rings is 3. The maximum absolute atomic E-state index is 13.7. The van der Waals surface area contributed by atoms with E-state index in [0.29, 0.717) is 34.9 Å². The molecule has 4 rings (SSSR count). The lowest BCUT2D eigenvalue weighted by atomic mass is 9.90. The molecule has 0 bridgehead atoms. The summed E-state index contributed by atoms with van der Waals surface area (Å²) >= 11 is 3.37. The number of methoxy groups -OCH3 is 1. The summed E-state index contributed by atoms with van der Waals surface area (Å²) in [4.78, 5) is 15.2. The number of likely N-dealkylation sites (tertiary alicyclic amines) is 1. The lowest BCUT2D eigenvalue weighted by Gasteiger charge is -2.34. The summed E-state index contributed by atoms with van der Waals surface area (Å²) < 4.78 is 34.5. The second-order valence-electron chi connectivity index (χ2n) is 9.16. The summed E-state index contributed by atoms with van der Waals surface area (Å²) in [6, 6.07) is 22.2. The molecule has 1 aliphatic heterocycles. The third kappa shape index (κ3) is 6.10. The molecule has 3 aromatic rings. The fraction of sp³-hybridized carbons (Fsp3) is 0.321. The lowest BCUT2D eigenvalue weighted by Crippen LogP contribution is -2.46. The maximum atomic E-state index is 13.7. The Kier molecular flexibility index (Phi) is 8.36. The second-order valence-corrected chi connectivity index (χ2v) is 11.9. The van der Waals surface area contributed by atoms with Crippen LogP contribution in [0.5, 0.6) is 5.75 Å². The molecule has 0 aliphatic carbocycles. The number of rotatable bonds is 8. The molecule has 0 saturated carbocycles. The van der Waals surface area contributed by atoms with Gasteiger partial charge in [0.1, 0.15) is 12.3 Å². The Hall–Kier alpha value is -2.84. The summed E-state index contributed by atoms with van der Waals surface area (Å²) in [7, 11) is -2.48. The van der Waals surface area contributed by atoms with Crippen molar-refractivity contribution in [1.29, 1.82) is 0 Å². The number of carbonyl (C=O) groups is 1. The largest absolute Gasteiger partial charge is 0.496 e. The fourth-order valence-corrected chi connectivity index (χ4v) is 6.65. The molecule has 1 aliphatic rings. The molecule has 8 heteroatoms. The van der Waals surface area contributed by atoms with Gasteiger partial charge in [0.25, 0.3) is 10.0 Å². The molecule has 1 amide bonds. The number of piperidine rings is 1. The molecule has 0 atom stereocenters. The molecule has 1 fully saturated rings. The van der Waals surface area contributed by atoms with Crippen molar-refractivity contribution in [3.8, 4) is 5.75 Å². The summed E-state index contributed by atoms with van der Waals surface area (Å²) in [6.07, 6.45) is 2.81. The van der Waals surface area contributed by atoms with Crippen molar-refractivity contribution in [1.82, 2.24) is 4.90 Å². The van der Waals surface area contributed by atoms with E-state index in [-0.39, 0.29) is 17.3 Å². The van der Waals surface area contributed by atoms with Gasteiger partial charge < -0.3 is 9.64 Å². The first-order valence-electron chi connectivity index (χ1n) is 12.0. The van der Waals surface area contributed by atoms with E-state index in [0.717, 1.165) is 24.8 Å². The predicted molar refractivity (Wildman–Crippen MR) is 146 cm³/mol. The van der Waals surface area contributed by atoms with Gasteiger partial charge in [-0.2, -0.15) is 0 Å². The topological polar surface area (TPSA) is 66.9 Å². The quantitative estimate of drug-likeness (QED) is 0.361. The Balaban J connectivity index is 1.51. The van der Waals surface area contributed by atoms with Gasteiger partial charge in [-0.25, -0.2) is 8.42 Å². The van der Waals surface area contributed by atoms with E-state index < -0.39 is 10.0 Å². The van der Waals surface area contributed by atoms with Crippen molar-refractivity contribution in [3.63, 3.8) is 0 Å². The lowest BCUT2D eigenvalue weighted by molar-refractivity contribution is -0.130. The monoisotopic (exact) mass is 570 g/mol. The van der Waals surface area contributed by atoms with E-state index in [2.05, 4.69) is 40.2 Å². The highest BCUT2D eigenvalue weighted by atomic mass is 79.9. The summed E-state index contributed by atoms with van der Waals surface area (Å²) in [5, 5.41) is 0. The van der Waals surface area contributed by atoms with Gasteiger partial charge in [0, 0.05) is 13.1 Å². The number of nitrogens with zero attached hydrogens (tertiary/aromatic N) is 2. The Bertz CT molecular complexity index is 1290. The van der Waals surface area contributed by atoms with Crippen LogP contribution in [0.15, 0.2) is 82.2 Å². The fourth-order valence-electron chi connectivity index (χ4n) is 4.52. The first kappa shape index (κ1) is 26.2. The normalized spacial score (nSPS) is 14.5. The smallest absolute Gasteiger partial charge is 0.264 e. The van der Waals surface area contributed by atoms with E-state index >= 15 is 0 Å². The zero-order valence-electron chi connectivity index (χ0n) is 20.6. The standard InChI is InChI=1S/C28H31BrN2O4S/c1-21-8-10-24(11-9-21)31(36(33,34)25-12-13-27(35-2)26(29)19-25)20-28(32)30-16-14-23(15-17-30)18-22-6-4-3-5-7-22/h3-13,19,23H,14-18,20H2,1-2H3. The molecule has 0 N–H and O–H groups in total. The minimum Gasteiger partial charge on any atom is -0.496 e. The van der Waals surface area contributed by atoms with Crippen molar-refractivity contribution in [3.05, 3.63) is 88.4 Å². The number of aryl methyl sites for hydroxylation is 1. The highest BCUT2D eigenvalue weighted by Gasteiger charge is 2.31. The first-order valence-corrected chi connectivity index (χ1v) is 14.3. The number of hydrogen-bond acceptors (Lipinski definition) is 4. The molecule has 190 valence electrons. The highest BCUT2D eigenvalue weighted by molar-refractivity contribution is 9.10. The summed E-state index contributed by atoms with van der Waals surface area (Å²) in [6.45, 7) is 2.95. The Morgan fingerprint density at radius 3 is 2.31 bits per heavy atom. The molecule has 0 aromatic heterocycles. The Labute approximate surface area is 222 Å². The number of carbonyl (C=O) groups excluding carboxylic acids is 1. The van der Waals surface area contributed by atoms with E-state index in [1.807, 2.05) is 25.1 Å². The van der Waals surface area contributed by atoms with Gasteiger partial charge in [-0.1, -0.05) is 48.0 Å². The highest BCUT2D eigenvalue weighted by Crippen LogP contribution is 2.31. The molecule has 3 aromatic carbocycles. The van der Waals surface area contributed by atoms with Crippen LogP contribution in [-0.4, -0.2) is 46.0 Å². The SMILES string of the molecule is COc1ccc(S(=O)(=O)N(CC(=O)N2CCC(Cc3ccccc3)CC2)c2ccc(C)cc2)cc1Br. The molecule has 1 saturated heterocycles. The van der Waals surface area contributed by atoms with Crippen LogP contribution >= 0.6 is 15.9 Å². The number of amides is 1. The second kappa shape index (κ2) is 11.5. The van der Waals surface area contributed by atoms with Gasteiger partial charge in [0.2, 0.25) is 5.91 Å². The molecule has 0 radical (unpaired) electrons. The van der Waals surface area contributed by atoms with Gasteiger partial charge in [0.05, 0.1) is 22.2 Å². The van der Waals surface area contributed by atoms with Crippen LogP contribution in [0.4, 0.5) is 5.69 Å². The minimum atomic E-state index is -4.00. The first-order chi connectivity index (χ1) is 17.3. The van der Waals surface area contributed by atoms with Gasteiger partial charge in [-0.3, -0.25) is 9.10 Å². The molecule has 0 spiro atoms. The molecule has 1 heterocycles. The Morgan fingerprint density at radius 2 is 1.69 bits per heavy atom. The Morgan fingerprint density at radius 1 is 1.03 bits per heavy atom. The third-order valence-corrected chi connectivity index (χ3v) is 9.04. The van der Waals surface area contributed by atoms with Gasteiger partial charge in [-0.15, -0.1) is 0 Å². The zero-order chi connectivity index (χ0) is 25.7. The maximum Gasteiger partial charge on any atom is 0.264 e. The number of anilines is 1. The van der Waals surface area contributed by atoms with Crippen LogP contribution in [0.3, 0.4) is 0 Å². The van der Waals surface area contributed by atoms with E-state index in [1.54, 1.807) is 23.1 Å². The third-order valence-electron chi connectivity index (χ3n) is 6.65. The van der Waals surface area contributed by atoms with Crippen LogP contribution in [0.25, 0.3) is 0 Å². The summed E-state index contributed by atoms with van der Waals surface area (Å²) in [5.41, 5.74) is 2.78. The van der Waals surface area contributed by atoms with E-state index in [1.165, 1.54) is 29.1 Å². The van der Waals surface area contributed by atoms with Crippen LogP contribution in [0.2, 0.25) is 0 Å². The summed E-state index contributed by atoms with van der Waals surface area (Å²) in [5.74, 6) is 0.861. The average molecular weight is 572 g/mol. The van der Waals surface area contributed by atoms with Crippen LogP contribution in [0.1, 0.15) is 24.0 Å². The van der Waals surface area contributed by atoms with E-state index in [9.17, 15) is 13.2 Å². The van der Waals surface area contributed by atoms with Gasteiger partial charge in [0.15, 0.2) is 0 Å². The van der Waals surface area contributed by atoms with Crippen molar-refractivity contribution >= 4 is 37.5 Å². The van der Waals surface area contributed by atoms with Crippen molar-refractivity contribution in [2.75, 3.05) is 31.0 Å². The molecular formula is C28H31BrN2O4S.